The molecule has 12 unspecified atom stereocenters. The summed E-state index contributed by atoms with van der Waals surface area (Å²) in [5.74, 6) is 21.6. The summed E-state index contributed by atoms with van der Waals surface area (Å²) in [4.78, 5) is 0. The highest BCUT2D eigenvalue weighted by Gasteiger charge is 2.81. The lowest BCUT2D eigenvalue weighted by Crippen LogP contribution is -2.80. The zero-order valence-corrected chi connectivity index (χ0v) is 26.6. The van der Waals surface area contributed by atoms with Crippen molar-refractivity contribution in [2.24, 2.45) is 88.8 Å². The molecule has 0 bridgehead atoms. The Labute approximate surface area is 258 Å². The van der Waals surface area contributed by atoms with Crippen LogP contribution >= 0.6 is 0 Å². The fourth-order valence-electron chi connectivity index (χ4n) is 21.8. The Balaban J connectivity index is 1.10. The third kappa shape index (κ3) is 2.53. The van der Waals surface area contributed by atoms with E-state index in [1.807, 2.05) is 0 Å². The maximum Gasteiger partial charge on any atom is 0.136 e. The summed E-state index contributed by atoms with van der Waals surface area (Å²) in [6.45, 7) is 3.71. The molecular weight excluding hydrogens is 501 g/mol. The molecule has 7 aliphatic heterocycles. The predicted molar refractivity (Wildman–Crippen MR) is 175 cm³/mol. The molecule has 0 spiro atoms. The van der Waals surface area contributed by atoms with Crippen LogP contribution in [0, 0.1) is 88.8 Å². The van der Waals surface area contributed by atoms with Crippen molar-refractivity contribution in [3.05, 3.63) is 0 Å². The van der Waals surface area contributed by atoms with Gasteiger partial charge in [-0.05, 0) is 127 Å². The van der Waals surface area contributed by atoms with Crippen molar-refractivity contribution < 1.29 is 0 Å². The lowest BCUT2D eigenvalue weighted by Gasteiger charge is -2.81. The van der Waals surface area contributed by atoms with E-state index in [0.29, 0.717) is 0 Å². The van der Waals surface area contributed by atoms with Gasteiger partial charge in [0, 0.05) is 0 Å². The minimum absolute atomic E-state index is 1.19. The second kappa shape index (κ2) is 8.18. The quantitative estimate of drug-likeness (QED) is 0.260. The monoisotopic (exact) mass is 558 g/mol. The van der Waals surface area contributed by atoms with Crippen LogP contribution in [0.5, 0.6) is 0 Å². The third-order valence-corrected chi connectivity index (χ3v) is 21.0. The van der Waals surface area contributed by atoms with E-state index in [9.17, 15) is 0 Å². The summed E-state index contributed by atoms with van der Waals surface area (Å²) in [6, 6.07) is 0. The number of rotatable bonds is 0. The van der Waals surface area contributed by atoms with Crippen LogP contribution in [0.3, 0.4) is 0 Å². The Bertz CT molecular complexity index is 879. The van der Waals surface area contributed by atoms with Crippen molar-refractivity contribution in [3.63, 3.8) is 0 Å². The average molecular weight is 558 g/mol. The Morgan fingerprint density at radius 1 is 0.238 bits per heavy atom. The van der Waals surface area contributed by atoms with Gasteiger partial charge < -0.3 is 0 Å². The molecule has 0 aromatic rings. The largest absolute Gasteiger partial charge is 0.136 e. The molecule has 6 saturated carbocycles. The van der Waals surface area contributed by atoms with Gasteiger partial charge in [0.05, 0.1) is 0 Å². The minimum Gasteiger partial charge on any atom is -0.0796 e. The van der Waals surface area contributed by atoms with Crippen LogP contribution in [0.4, 0.5) is 0 Å². The molecule has 6 aliphatic carbocycles. The molecule has 0 N–H and O–H groups in total. The van der Waals surface area contributed by atoms with E-state index < -0.39 is 0 Å². The van der Waals surface area contributed by atoms with E-state index in [1.165, 1.54) is 144 Å². The maximum atomic E-state index is 1.68. The van der Waals surface area contributed by atoms with Gasteiger partial charge in [0.2, 0.25) is 0 Å². The molecule has 0 aromatic carbocycles. The standard InChI is InChI=1S/C39H57B3/c1-7-19-25-13-4-15-27-21-9-2-11-23-29-17-6-18-30-24-12-3-10-22-28-16-5-14-26-20(8-1)31(19)37-40(34(25)27)38(32(21)23)42(36(29)30)39(33(22)24)41(37)35(26)28/h19-39H,1-18H2. The van der Waals surface area contributed by atoms with Gasteiger partial charge >= 0.3 is 0 Å². The highest BCUT2D eigenvalue weighted by Crippen LogP contribution is 2.84. The van der Waals surface area contributed by atoms with Crippen molar-refractivity contribution in [3.8, 4) is 0 Å². The molecular formula is C39H57B3. The van der Waals surface area contributed by atoms with Gasteiger partial charge in [-0.15, -0.1) is 0 Å². The van der Waals surface area contributed by atoms with Crippen LogP contribution in [-0.4, -0.2) is 20.1 Å². The van der Waals surface area contributed by atoms with E-state index in [0.717, 1.165) is 0 Å². The predicted octanol–water partition coefficient (Wildman–Crippen LogP) is 9.75. The zero-order valence-electron chi connectivity index (χ0n) is 26.6. The smallest absolute Gasteiger partial charge is 0.0796 e. The average Bonchev–Trinajstić information content (AvgIpc) is 3.06. The van der Waals surface area contributed by atoms with E-state index in [-0.39, 0.29) is 0 Å². The van der Waals surface area contributed by atoms with E-state index in [4.69, 9.17) is 0 Å². The van der Waals surface area contributed by atoms with Crippen molar-refractivity contribution in [2.45, 2.75) is 150 Å². The first kappa shape index (κ1) is 24.4. The summed E-state index contributed by atoms with van der Waals surface area (Å²) in [5, 5.41) is 0. The third-order valence-electron chi connectivity index (χ3n) is 21.0. The Hall–Kier alpha value is 0.195. The van der Waals surface area contributed by atoms with Gasteiger partial charge in [-0.2, -0.15) is 0 Å². The summed E-state index contributed by atoms with van der Waals surface area (Å²) < 4.78 is 0. The molecule has 13 rings (SSSR count). The highest BCUT2D eigenvalue weighted by atomic mass is 14.7. The summed E-state index contributed by atoms with van der Waals surface area (Å²) in [6.07, 6.45) is 30.0. The lowest BCUT2D eigenvalue weighted by molar-refractivity contribution is -0.0771. The van der Waals surface area contributed by atoms with Gasteiger partial charge in [-0.3, -0.25) is 0 Å². The zero-order chi connectivity index (χ0) is 26.6. The lowest BCUT2D eigenvalue weighted by atomic mass is 8.84. The van der Waals surface area contributed by atoms with Gasteiger partial charge in [0.15, 0.2) is 0 Å². The Morgan fingerprint density at radius 2 is 0.429 bits per heavy atom. The van der Waals surface area contributed by atoms with Crippen LogP contribution in [0.25, 0.3) is 0 Å². The molecule has 0 aromatic heterocycles. The SMILES string of the molecule is C1CC2C3CCCC4C5CCCC6C7CCCC8C9CCCC%10C%11CCCC%12C(C1)C2B1C(B(C(B(C1C%12%11)C%109)C78)C56)C34. The van der Waals surface area contributed by atoms with Crippen LogP contribution in [0.1, 0.15) is 116 Å². The molecule has 42 heavy (non-hydrogen) atoms. The van der Waals surface area contributed by atoms with Gasteiger partial charge in [-0.1, -0.05) is 112 Å². The minimum atomic E-state index is 1.19. The maximum absolute atomic E-state index is 1.68. The summed E-state index contributed by atoms with van der Waals surface area (Å²) >= 11 is 0. The van der Waals surface area contributed by atoms with E-state index in [1.54, 1.807) is 116 Å². The van der Waals surface area contributed by atoms with Gasteiger partial charge in [0.1, 0.15) is 20.1 Å². The first-order chi connectivity index (χ1) is 20.9. The molecule has 12 atom stereocenters. The summed E-state index contributed by atoms with van der Waals surface area (Å²) in [7, 11) is 0. The molecule has 222 valence electrons. The van der Waals surface area contributed by atoms with E-state index in [2.05, 4.69) is 0 Å². The molecule has 7 heterocycles. The molecule has 13 aliphatic rings. The fourth-order valence-corrected chi connectivity index (χ4v) is 21.8. The second-order valence-electron chi connectivity index (χ2n) is 20.5. The number of hydrogen-bond acceptors (Lipinski definition) is 0. The number of fused-ring (bicyclic) bond motifs is 6. The van der Waals surface area contributed by atoms with Crippen LogP contribution in [-0.2, 0) is 0 Å². The van der Waals surface area contributed by atoms with E-state index >= 15 is 0 Å². The highest BCUT2D eigenvalue weighted by molar-refractivity contribution is 7.01. The fraction of sp³-hybridized carbons (Fsp3) is 1.00. The van der Waals surface area contributed by atoms with Crippen LogP contribution < -0.4 is 0 Å². The Morgan fingerprint density at radius 3 is 0.643 bits per heavy atom. The molecule has 0 amide bonds. The topological polar surface area (TPSA) is 0 Å². The molecule has 0 nitrogen and oxygen atoms in total. The molecule has 0 radical (unpaired) electrons. The van der Waals surface area contributed by atoms with Crippen molar-refractivity contribution >= 4 is 20.1 Å². The molecule has 7 saturated heterocycles. The summed E-state index contributed by atoms with van der Waals surface area (Å²) in [5.41, 5.74) is 3.71. The van der Waals surface area contributed by atoms with Crippen LogP contribution in [0.2, 0.25) is 34.6 Å². The van der Waals surface area contributed by atoms with Gasteiger partial charge in [-0.25, -0.2) is 0 Å². The molecule has 3 heteroatoms. The van der Waals surface area contributed by atoms with Crippen molar-refractivity contribution in [2.75, 3.05) is 0 Å². The van der Waals surface area contributed by atoms with Crippen molar-refractivity contribution in [1.29, 1.82) is 0 Å². The first-order valence-electron chi connectivity index (χ1n) is 20.9. The van der Waals surface area contributed by atoms with Crippen molar-refractivity contribution in [1.82, 2.24) is 0 Å². The number of hydrogen-bond donors (Lipinski definition) is 0. The Kier molecular flexibility index (Phi) is 4.75. The first-order valence-corrected chi connectivity index (χ1v) is 20.9. The molecule has 13 fully saturated rings. The normalized spacial score (nSPS) is 66.9. The second-order valence-corrected chi connectivity index (χ2v) is 20.5. The van der Waals surface area contributed by atoms with Gasteiger partial charge in [0.25, 0.3) is 0 Å². The van der Waals surface area contributed by atoms with Crippen LogP contribution in [0.15, 0.2) is 0 Å².